The highest BCUT2D eigenvalue weighted by Gasteiger charge is 2.16. The van der Waals surface area contributed by atoms with Crippen LogP contribution >= 0.6 is 0 Å². The molecule has 0 radical (unpaired) electrons. The first-order chi connectivity index (χ1) is 7.69. The summed E-state index contributed by atoms with van der Waals surface area (Å²) < 4.78 is 9.67. The molecule has 0 fully saturated rings. The lowest BCUT2D eigenvalue weighted by molar-refractivity contribution is -0.141. The highest BCUT2D eigenvalue weighted by molar-refractivity contribution is 5.69. The number of hydrogen-bond donors (Lipinski definition) is 1. The summed E-state index contributed by atoms with van der Waals surface area (Å²) in [6.07, 6.45) is 1.37. The molecule has 0 aromatic heterocycles. The fraction of sp³-hybridized carbons (Fsp3) is 0.909. The molecule has 5 heteroatoms. The molecule has 2 N–H and O–H groups in total. The average molecular weight is 232 g/mol. The molecule has 96 valence electrons. The van der Waals surface area contributed by atoms with Crippen LogP contribution in [0.15, 0.2) is 0 Å². The van der Waals surface area contributed by atoms with Gasteiger partial charge in [0.2, 0.25) is 0 Å². The first-order valence-corrected chi connectivity index (χ1v) is 5.69. The summed E-state index contributed by atoms with van der Waals surface area (Å²) >= 11 is 0. The molecule has 0 amide bonds. The Morgan fingerprint density at radius 1 is 1.38 bits per heavy atom. The van der Waals surface area contributed by atoms with E-state index in [4.69, 9.17) is 10.5 Å². The maximum Gasteiger partial charge on any atom is 0.306 e. The summed E-state index contributed by atoms with van der Waals surface area (Å²) in [6, 6.07) is 0.305. The standard InChI is InChI=1S/C11H24N2O3/c1-4-10(9-12)13(7-8-15-2)6-5-11(14)16-3/h10H,4-9,12H2,1-3H3. The number of methoxy groups -OCH3 is 2. The van der Waals surface area contributed by atoms with Crippen molar-refractivity contribution in [3.8, 4) is 0 Å². The molecule has 0 heterocycles. The zero-order valence-corrected chi connectivity index (χ0v) is 10.6. The number of nitrogens with two attached hydrogens (primary N) is 1. The molecule has 0 aliphatic rings. The van der Waals surface area contributed by atoms with Crippen LogP contribution in [0.2, 0.25) is 0 Å². The first-order valence-electron chi connectivity index (χ1n) is 5.69. The van der Waals surface area contributed by atoms with Crippen molar-refractivity contribution in [3.05, 3.63) is 0 Å². The van der Waals surface area contributed by atoms with E-state index in [0.29, 0.717) is 32.2 Å². The van der Waals surface area contributed by atoms with Crippen molar-refractivity contribution in [1.29, 1.82) is 0 Å². The van der Waals surface area contributed by atoms with Crippen LogP contribution in [0.25, 0.3) is 0 Å². The Bertz CT molecular complexity index is 184. The van der Waals surface area contributed by atoms with Crippen molar-refractivity contribution < 1.29 is 14.3 Å². The number of hydrogen-bond acceptors (Lipinski definition) is 5. The molecule has 5 nitrogen and oxygen atoms in total. The van der Waals surface area contributed by atoms with Crippen LogP contribution in [0.3, 0.4) is 0 Å². The molecule has 0 rings (SSSR count). The second-order valence-corrected chi connectivity index (χ2v) is 3.65. The van der Waals surface area contributed by atoms with E-state index in [-0.39, 0.29) is 5.97 Å². The third kappa shape index (κ3) is 6.05. The van der Waals surface area contributed by atoms with Crippen molar-refractivity contribution >= 4 is 5.97 Å². The van der Waals surface area contributed by atoms with Gasteiger partial charge in [0.25, 0.3) is 0 Å². The minimum atomic E-state index is -0.186. The highest BCUT2D eigenvalue weighted by Crippen LogP contribution is 2.04. The second-order valence-electron chi connectivity index (χ2n) is 3.65. The monoisotopic (exact) mass is 232 g/mol. The number of carbonyl (C=O) groups excluding carboxylic acids is 1. The molecule has 0 saturated heterocycles. The lowest BCUT2D eigenvalue weighted by atomic mass is 10.2. The van der Waals surface area contributed by atoms with Crippen molar-refractivity contribution in [2.75, 3.05) is 40.5 Å². The lowest BCUT2D eigenvalue weighted by Gasteiger charge is -2.29. The average Bonchev–Trinajstić information content (AvgIpc) is 2.32. The van der Waals surface area contributed by atoms with Crippen LogP contribution < -0.4 is 5.73 Å². The maximum absolute atomic E-state index is 11.1. The third-order valence-electron chi connectivity index (χ3n) is 2.67. The Morgan fingerprint density at radius 2 is 2.06 bits per heavy atom. The van der Waals surface area contributed by atoms with Gasteiger partial charge in [-0.3, -0.25) is 9.69 Å². The van der Waals surface area contributed by atoms with E-state index in [9.17, 15) is 4.79 Å². The van der Waals surface area contributed by atoms with Crippen molar-refractivity contribution in [2.24, 2.45) is 5.73 Å². The van der Waals surface area contributed by atoms with Gasteiger partial charge >= 0.3 is 5.97 Å². The summed E-state index contributed by atoms with van der Waals surface area (Å²) in [7, 11) is 3.07. The third-order valence-corrected chi connectivity index (χ3v) is 2.67. The van der Waals surface area contributed by atoms with Gasteiger partial charge in [0, 0.05) is 32.8 Å². The minimum Gasteiger partial charge on any atom is -0.469 e. The summed E-state index contributed by atoms with van der Waals surface area (Å²) in [5.41, 5.74) is 5.70. The van der Waals surface area contributed by atoms with Gasteiger partial charge in [0.05, 0.1) is 20.1 Å². The predicted molar refractivity (Wildman–Crippen MR) is 63.2 cm³/mol. The molecule has 0 saturated carbocycles. The van der Waals surface area contributed by atoms with Crippen LogP contribution in [0.5, 0.6) is 0 Å². The molecule has 0 spiro atoms. The Morgan fingerprint density at radius 3 is 2.50 bits per heavy atom. The van der Waals surface area contributed by atoms with Gasteiger partial charge < -0.3 is 15.2 Å². The zero-order chi connectivity index (χ0) is 12.4. The fourth-order valence-corrected chi connectivity index (χ4v) is 1.60. The van der Waals surface area contributed by atoms with Gasteiger partial charge in [-0.1, -0.05) is 6.92 Å². The predicted octanol–water partition coefficient (Wildman–Crippen LogP) is 0.235. The number of rotatable bonds is 9. The van der Waals surface area contributed by atoms with E-state index in [2.05, 4.69) is 16.6 Å². The number of carbonyl (C=O) groups is 1. The lowest BCUT2D eigenvalue weighted by Crippen LogP contribution is -2.43. The molecule has 0 aromatic rings. The van der Waals surface area contributed by atoms with Crippen LogP contribution in [0.4, 0.5) is 0 Å². The van der Waals surface area contributed by atoms with E-state index in [0.717, 1.165) is 13.0 Å². The molecule has 0 aliphatic carbocycles. The summed E-state index contributed by atoms with van der Waals surface area (Å²) in [4.78, 5) is 13.3. The highest BCUT2D eigenvalue weighted by atomic mass is 16.5. The van der Waals surface area contributed by atoms with Gasteiger partial charge in [0.1, 0.15) is 0 Å². The molecule has 0 aromatic carbocycles. The summed E-state index contributed by atoms with van der Waals surface area (Å²) in [6.45, 7) is 4.81. The zero-order valence-electron chi connectivity index (χ0n) is 10.6. The van der Waals surface area contributed by atoms with Crippen LogP contribution in [0, 0.1) is 0 Å². The second kappa shape index (κ2) is 9.57. The van der Waals surface area contributed by atoms with Gasteiger partial charge in [0.15, 0.2) is 0 Å². The summed E-state index contributed by atoms with van der Waals surface area (Å²) in [5.74, 6) is -0.186. The molecule has 0 bridgehead atoms. The number of esters is 1. The van der Waals surface area contributed by atoms with E-state index in [1.165, 1.54) is 7.11 Å². The van der Waals surface area contributed by atoms with Gasteiger partial charge in [-0.05, 0) is 6.42 Å². The molecule has 0 aliphatic heterocycles. The molecule has 1 atom stereocenters. The van der Waals surface area contributed by atoms with Crippen molar-refractivity contribution in [2.45, 2.75) is 25.8 Å². The van der Waals surface area contributed by atoms with E-state index >= 15 is 0 Å². The van der Waals surface area contributed by atoms with Crippen LogP contribution in [-0.2, 0) is 14.3 Å². The van der Waals surface area contributed by atoms with Crippen LogP contribution in [0.1, 0.15) is 19.8 Å². The van der Waals surface area contributed by atoms with E-state index in [1.54, 1.807) is 7.11 Å². The SMILES string of the molecule is CCC(CN)N(CCOC)CCC(=O)OC. The molecule has 1 unspecified atom stereocenters. The maximum atomic E-state index is 11.1. The minimum absolute atomic E-state index is 0.186. The van der Waals surface area contributed by atoms with Gasteiger partial charge in [-0.2, -0.15) is 0 Å². The topological polar surface area (TPSA) is 64.8 Å². The molecular weight excluding hydrogens is 208 g/mol. The molecule has 16 heavy (non-hydrogen) atoms. The Balaban J connectivity index is 4.12. The number of ether oxygens (including phenoxy) is 2. The Hall–Kier alpha value is -0.650. The van der Waals surface area contributed by atoms with E-state index < -0.39 is 0 Å². The first kappa shape index (κ1) is 15.3. The number of nitrogens with zero attached hydrogens (tertiary/aromatic N) is 1. The van der Waals surface area contributed by atoms with Gasteiger partial charge in [-0.15, -0.1) is 0 Å². The van der Waals surface area contributed by atoms with Gasteiger partial charge in [-0.25, -0.2) is 0 Å². The smallest absolute Gasteiger partial charge is 0.306 e. The van der Waals surface area contributed by atoms with Crippen molar-refractivity contribution in [3.63, 3.8) is 0 Å². The van der Waals surface area contributed by atoms with Crippen molar-refractivity contribution in [1.82, 2.24) is 4.90 Å². The molecular formula is C11H24N2O3. The fourth-order valence-electron chi connectivity index (χ4n) is 1.60. The Kier molecular flexibility index (Phi) is 9.18. The quantitative estimate of drug-likeness (QED) is 0.577. The van der Waals surface area contributed by atoms with E-state index in [1.807, 2.05) is 0 Å². The van der Waals surface area contributed by atoms with Crippen LogP contribution in [-0.4, -0.2) is 57.4 Å². The summed E-state index contributed by atoms with van der Waals surface area (Å²) in [5, 5.41) is 0. The Labute approximate surface area is 97.9 Å². The normalized spacial score (nSPS) is 12.8. The largest absolute Gasteiger partial charge is 0.469 e.